The van der Waals surface area contributed by atoms with E-state index in [4.69, 9.17) is 9.26 Å². The molecule has 3 aromatic rings. The lowest BCUT2D eigenvalue weighted by atomic mass is 9.96. The summed E-state index contributed by atoms with van der Waals surface area (Å²) in [5.41, 5.74) is 1.07. The topological polar surface area (TPSA) is 76.4 Å². The predicted octanol–water partition coefficient (Wildman–Crippen LogP) is 3.11. The average molecular weight is 369 g/mol. The minimum atomic E-state index is -0.873. The lowest BCUT2D eigenvalue weighted by Crippen LogP contribution is -2.41. The fraction of sp³-hybridized carbons (Fsp3) is 0.300. The van der Waals surface area contributed by atoms with Crippen LogP contribution >= 0.6 is 0 Å². The number of hydrogen-bond donors (Lipinski definition) is 2. The minimum Gasteiger partial charge on any atom is -0.491 e. The maximum atomic E-state index is 13.9. The van der Waals surface area contributed by atoms with Crippen molar-refractivity contribution in [1.82, 2.24) is 15.8 Å². The first-order valence-corrected chi connectivity index (χ1v) is 8.79. The number of carbonyl (C=O) groups is 1. The molecule has 0 radical (unpaired) electrons. The highest BCUT2D eigenvalue weighted by molar-refractivity contribution is 5.98. The Kier molecular flexibility index (Phi) is 4.31. The maximum absolute atomic E-state index is 13.9. The Labute approximate surface area is 155 Å². The number of ether oxygens (including phenoxy) is 1. The summed E-state index contributed by atoms with van der Waals surface area (Å²) in [4.78, 5) is 13.0. The number of carbonyl (C=O) groups excluding carboxylic acids is 1. The molecule has 27 heavy (non-hydrogen) atoms. The molecule has 2 N–H and O–H groups in total. The Morgan fingerprint density at radius 2 is 2.07 bits per heavy atom. The Morgan fingerprint density at radius 3 is 2.93 bits per heavy atom. The van der Waals surface area contributed by atoms with E-state index in [1.807, 2.05) is 12.1 Å². The Morgan fingerprint density at radius 1 is 1.26 bits per heavy atom. The van der Waals surface area contributed by atoms with Gasteiger partial charge >= 0.3 is 0 Å². The molecule has 0 spiro atoms. The van der Waals surface area contributed by atoms with Gasteiger partial charge in [-0.1, -0.05) is 23.4 Å². The van der Waals surface area contributed by atoms with Gasteiger partial charge in [-0.25, -0.2) is 4.39 Å². The summed E-state index contributed by atoms with van der Waals surface area (Å²) in [6, 6.07) is 10.1. The zero-order valence-corrected chi connectivity index (χ0v) is 15.1. The summed E-state index contributed by atoms with van der Waals surface area (Å²) in [5, 5.41) is 10.8. The molecule has 0 unspecified atom stereocenters. The van der Waals surface area contributed by atoms with Crippen LogP contribution in [-0.2, 0) is 12.1 Å². The van der Waals surface area contributed by atoms with Crippen molar-refractivity contribution in [2.24, 2.45) is 0 Å². The van der Waals surface area contributed by atoms with Crippen molar-refractivity contribution >= 4 is 16.9 Å². The maximum Gasteiger partial charge on any atom is 0.255 e. The van der Waals surface area contributed by atoms with E-state index in [1.54, 1.807) is 32.0 Å². The fourth-order valence-corrected chi connectivity index (χ4v) is 3.31. The van der Waals surface area contributed by atoms with Gasteiger partial charge < -0.3 is 19.9 Å². The molecule has 0 saturated heterocycles. The number of aromatic nitrogens is 1. The zero-order valence-electron chi connectivity index (χ0n) is 15.1. The molecule has 6 nitrogen and oxygen atoms in total. The second kappa shape index (κ2) is 6.66. The number of fused-ring (bicyclic) bond motifs is 2. The summed E-state index contributed by atoms with van der Waals surface area (Å²) in [5.74, 6) is -0.180. The SMILES string of the molecule is CC(C)(NC(=O)c1cccc2c1OCCNC2)c1noc2c(F)cccc12. The monoisotopic (exact) mass is 369 g/mol. The van der Waals surface area contributed by atoms with Crippen LogP contribution in [0.4, 0.5) is 4.39 Å². The first-order valence-electron chi connectivity index (χ1n) is 8.79. The summed E-state index contributed by atoms with van der Waals surface area (Å²) in [6.07, 6.45) is 0. The van der Waals surface area contributed by atoms with Gasteiger partial charge in [-0.05, 0) is 32.0 Å². The standard InChI is InChI=1S/C20H20FN3O3/c1-20(2,18-13-6-4-8-15(21)17(13)27-24-18)23-19(25)14-7-3-5-12-11-22-9-10-26-16(12)14/h3-8,22H,9-11H2,1-2H3,(H,23,25). The minimum absolute atomic E-state index is 0.0813. The molecule has 2 heterocycles. The first-order chi connectivity index (χ1) is 13.0. The molecule has 1 aliphatic heterocycles. The van der Waals surface area contributed by atoms with E-state index in [9.17, 15) is 9.18 Å². The number of benzene rings is 2. The quantitative estimate of drug-likeness (QED) is 0.742. The number of nitrogens with zero attached hydrogens (tertiary/aromatic N) is 1. The van der Waals surface area contributed by atoms with Crippen LogP contribution in [0.15, 0.2) is 40.9 Å². The van der Waals surface area contributed by atoms with Gasteiger partial charge in [0.25, 0.3) is 5.91 Å². The molecule has 2 aromatic carbocycles. The number of hydrogen-bond acceptors (Lipinski definition) is 5. The van der Waals surface area contributed by atoms with Crippen molar-refractivity contribution in [3.05, 3.63) is 59.0 Å². The van der Waals surface area contributed by atoms with E-state index in [-0.39, 0.29) is 11.5 Å². The Balaban J connectivity index is 1.67. The first kappa shape index (κ1) is 17.5. The van der Waals surface area contributed by atoms with E-state index in [2.05, 4.69) is 15.8 Å². The van der Waals surface area contributed by atoms with Crippen LogP contribution in [-0.4, -0.2) is 24.2 Å². The van der Waals surface area contributed by atoms with Crippen molar-refractivity contribution in [3.8, 4) is 5.75 Å². The van der Waals surface area contributed by atoms with Crippen LogP contribution in [0, 0.1) is 5.82 Å². The van der Waals surface area contributed by atoms with E-state index in [0.717, 1.165) is 12.1 Å². The smallest absolute Gasteiger partial charge is 0.255 e. The lowest BCUT2D eigenvalue weighted by Gasteiger charge is -2.25. The van der Waals surface area contributed by atoms with E-state index in [0.29, 0.717) is 35.5 Å². The number of halogens is 1. The third kappa shape index (κ3) is 3.14. The lowest BCUT2D eigenvalue weighted by molar-refractivity contribution is 0.0905. The van der Waals surface area contributed by atoms with Crippen LogP contribution in [0.3, 0.4) is 0 Å². The molecule has 0 fully saturated rings. The number of amides is 1. The molecule has 0 atom stereocenters. The van der Waals surface area contributed by atoms with Gasteiger partial charge in [-0.3, -0.25) is 4.79 Å². The number of nitrogens with one attached hydrogen (secondary N) is 2. The van der Waals surface area contributed by atoms with Crippen LogP contribution in [0.5, 0.6) is 5.75 Å². The van der Waals surface area contributed by atoms with Crippen LogP contribution in [0.1, 0.15) is 35.5 Å². The molecular weight excluding hydrogens is 349 g/mol. The van der Waals surface area contributed by atoms with Crippen LogP contribution in [0.2, 0.25) is 0 Å². The van der Waals surface area contributed by atoms with Gasteiger partial charge in [0.1, 0.15) is 18.1 Å². The highest BCUT2D eigenvalue weighted by atomic mass is 19.1. The largest absolute Gasteiger partial charge is 0.491 e. The molecular formula is C20H20FN3O3. The van der Waals surface area contributed by atoms with Crippen LogP contribution < -0.4 is 15.4 Å². The highest BCUT2D eigenvalue weighted by Gasteiger charge is 2.31. The summed E-state index contributed by atoms with van der Waals surface area (Å²) < 4.78 is 24.8. The molecule has 1 aliphatic rings. The van der Waals surface area contributed by atoms with Crippen molar-refractivity contribution in [1.29, 1.82) is 0 Å². The van der Waals surface area contributed by atoms with Crippen molar-refractivity contribution in [3.63, 3.8) is 0 Å². The molecule has 0 bridgehead atoms. The third-order valence-electron chi connectivity index (χ3n) is 4.65. The van der Waals surface area contributed by atoms with E-state index < -0.39 is 11.4 Å². The third-order valence-corrected chi connectivity index (χ3v) is 4.65. The second-order valence-corrected chi connectivity index (χ2v) is 7.05. The molecule has 7 heteroatoms. The van der Waals surface area contributed by atoms with Gasteiger partial charge in [0.05, 0.1) is 16.5 Å². The molecule has 1 amide bonds. The second-order valence-electron chi connectivity index (χ2n) is 7.05. The molecule has 140 valence electrons. The molecule has 0 aliphatic carbocycles. The summed E-state index contributed by atoms with van der Waals surface area (Å²) in [7, 11) is 0. The normalized spacial score (nSPS) is 14.3. The van der Waals surface area contributed by atoms with Gasteiger partial charge in [-0.15, -0.1) is 0 Å². The Bertz CT molecular complexity index is 1010. The summed E-state index contributed by atoms with van der Waals surface area (Å²) >= 11 is 0. The van der Waals surface area contributed by atoms with Gasteiger partial charge in [-0.2, -0.15) is 0 Å². The van der Waals surface area contributed by atoms with Crippen molar-refractivity contribution < 1.29 is 18.4 Å². The van der Waals surface area contributed by atoms with Crippen molar-refractivity contribution in [2.45, 2.75) is 25.9 Å². The van der Waals surface area contributed by atoms with E-state index >= 15 is 0 Å². The molecule has 4 rings (SSSR count). The predicted molar refractivity (Wildman–Crippen MR) is 98.1 cm³/mol. The van der Waals surface area contributed by atoms with Gasteiger partial charge in [0.2, 0.25) is 5.58 Å². The summed E-state index contributed by atoms with van der Waals surface area (Å²) in [6.45, 7) is 5.47. The van der Waals surface area contributed by atoms with Gasteiger partial charge in [0, 0.05) is 18.7 Å². The highest BCUT2D eigenvalue weighted by Crippen LogP contribution is 2.31. The van der Waals surface area contributed by atoms with Gasteiger partial charge in [0.15, 0.2) is 5.82 Å². The molecule has 0 saturated carbocycles. The average Bonchev–Trinajstić information content (AvgIpc) is 2.94. The molecule has 1 aromatic heterocycles. The Hall–Kier alpha value is -2.93. The van der Waals surface area contributed by atoms with Crippen LogP contribution in [0.25, 0.3) is 11.0 Å². The number of para-hydroxylation sites is 2. The fourth-order valence-electron chi connectivity index (χ4n) is 3.31. The number of rotatable bonds is 3. The van der Waals surface area contributed by atoms with Crippen molar-refractivity contribution in [2.75, 3.05) is 13.2 Å². The van der Waals surface area contributed by atoms with E-state index in [1.165, 1.54) is 6.07 Å². The zero-order chi connectivity index (χ0) is 19.0.